The normalized spacial score (nSPS) is 14.0. The monoisotopic (exact) mass is 1890 g/mol. The first-order valence-electron chi connectivity index (χ1n) is 51.0. The van der Waals surface area contributed by atoms with E-state index >= 15 is 0 Å². The second-order valence-electron chi connectivity index (χ2n) is 39.7. The average molecular weight is 1890 g/mol. The van der Waals surface area contributed by atoms with Gasteiger partial charge in [0.2, 0.25) is 0 Å². The molecule has 6 heteroatoms. The standard InChI is InChI=1S/C74H47NO2.C68H43NO2/c1-2-17-48(18-3-1)49-33-35-50(36-34-49)51-37-40-54(41-38-51)75(56-42-44-60-58-22-5-7-24-62(58)74(68(60)47-56)65-27-10-14-31-71(65)77-72-32-15-11-28-66(72)74)55-20-16-19-52(45-55)53-39-43-59-57-21-4-6-23-61(57)73(67(59)46-53)63-25-8-12-29-69(63)76-70-30-13-9-26-64(70)73;1-2-18-44(19-3-1)45-20-16-22-48(40-45)69(50-37-39-54-52-25-5-7-27-56(52)68(62(54)43-50)59-30-10-14-34-65(59)71-66-35-15-11-31-60(66)68)49-23-17-21-46(41-49)47-36-38-53-51-24-4-6-26-55(51)67(61(53)42-47)57-28-8-12-32-63(57)70-64-33-13-9-29-58(64)67/h1-47H;1-43H. The lowest BCUT2D eigenvalue weighted by Crippen LogP contribution is -2.32. The lowest BCUT2D eigenvalue weighted by atomic mass is 9.66. The largest absolute Gasteiger partial charge is 0.457 e. The second-order valence-corrected chi connectivity index (χ2v) is 39.7. The molecule has 23 aromatic rings. The summed E-state index contributed by atoms with van der Waals surface area (Å²) in [5, 5.41) is 0. The minimum atomic E-state index is -0.615. The van der Waals surface area contributed by atoms with Crippen molar-refractivity contribution in [2.45, 2.75) is 21.7 Å². The van der Waals surface area contributed by atoms with E-state index in [2.05, 4.69) is 556 Å². The molecule has 4 spiro atoms. The summed E-state index contributed by atoms with van der Waals surface area (Å²) in [5.41, 5.74) is 44.9. The van der Waals surface area contributed by atoms with Gasteiger partial charge in [-0.25, -0.2) is 0 Å². The van der Waals surface area contributed by atoms with Gasteiger partial charge in [-0.15, -0.1) is 0 Å². The van der Waals surface area contributed by atoms with E-state index in [1.807, 2.05) is 0 Å². The van der Waals surface area contributed by atoms with Crippen LogP contribution in [0.2, 0.25) is 0 Å². The molecule has 0 N–H and O–H groups in total. The van der Waals surface area contributed by atoms with Gasteiger partial charge in [0.15, 0.2) is 0 Å². The van der Waals surface area contributed by atoms with Gasteiger partial charge in [0.25, 0.3) is 0 Å². The van der Waals surface area contributed by atoms with Gasteiger partial charge < -0.3 is 28.7 Å². The molecule has 4 heterocycles. The molecule has 31 rings (SSSR count). The number of benzene rings is 23. The van der Waals surface area contributed by atoms with Crippen molar-refractivity contribution >= 4 is 34.1 Å². The maximum Gasteiger partial charge on any atom is 0.132 e. The Hall–Kier alpha value is -19.1. The van der Waals surface area contributed by atoms with Crippen LogP contribution in [0.15, 0.2) is 546 Å². The van der Waals surface area contributed by atoms with Crippen molar-refractivity contribution in [1.82, 2.24) is 0 Å². The zero-order chi connectivity index (χ0) is 97.3. The summed E-state index contributed by atoms with van der Waals surface area (Å²) in [4.78, 5) is 4.88. The third-order valence-electron chi connectivity index (χ3n) is 32.4. The summed E-state index contributed by atoms with van der Waals surface area (Å²) in [7, 11) is 0. The molecule has 0 unspecified atom stereocenters. The molecule has 0 saturated heterocycles. The average Bonchev–Trinajstić information content (AvgIpc) is 1.52. The van der Waals surface area contributed by atoms with Crippen LogP contribution in [0.3, 0.4) is 0 Å². The van der Waals surface area contributed by atoms with E-state index in [0.717, 1.165) is 158 Å². The highest BCUT2D eigenvalue weighted by atomic mass is 16.5. The Kier molecular flexibility index (Phi) is 19.0. The molecule has 8 aliphatic rings. The molecule has 6 nitrogen and oxygen atoms in total. The van der Waals surface area contributed by atoms with Crippen molar-refractivity contribution in [3.8, 4) is 146 Å². The fourth-order valence-electron chi connectivity index (χ4n) is 26.3. The summed E-state index contributed by atoms with van der Waals surface area (Å²) < 4.78 is 26.8. The highest BCUT2D eigenvalue weighted by molar-refractivity contribution is 5.98. The maximum absolute atomic E-state index is 6.74. The van der Waals surface area contributed by atoms with Crippen LogP contribution in [0.1, 0.15) is 89.0 Å². The summed E-state index contributed by atoms with van der Waals surface area (Å²) in [6.45, 7) is 0. The van der Waals surface area contributed by atoms with E-state index in [1.165, 1.54) is 111 Å². The maximum atomic E-state index is 6.74. The zero-order valence-electron chi connectivity index (χ0n) is 80.5. The summed E-state index contributed by atoms with van der Waals surface area (Å²) in [5.74, 6) is 7.07. The van der Waals surface area contributed by atoms with Gasteiger partial charge in [-0.3, -0.25) is 0 Å². The minimum Gasteiger partial charge on any atom is -0.457 e. The number of anilines is 6. The van der Waals surface area contributed by atoms with Crippen LogP contribution in [0.5, 0.6) is 46.0 Å². The van der Waals surface area contributed by atoms with Crippen LogP contribution in [-0.2, 0) is 21.7 Å². The molecule has 0 saturated carbocycles. The molecule has 0 aromatic heterocycles. The number of hydrogen-bond donors (Lipinski definition) is 0. The second kappa shape index (κ2) is 33.2. The molecule has 4 aliphatic heterocycles. The molecule has 0 fully saturated rings. The molecule has 148 heavy (non-hydrogen) atoms. The van der Waals surface area contributed by atoms with Gasteiger partial charge in [-0.2, -0.15) is 0 Å². The number of hydrogen-bond acceptors (Lipinski definition) is 6. The molecular formula is C142H90N2O4. The predicted molar refractivity (Wildman–Crippen MR) is 599 cm³/mol. The first-order valence-corrected chi connectivity index (χ1v) is 51.0. The first-order chi connectivity index (χ1) is 73.3. The van der Waals surface area contributed by atoms with Crippen molar-refractivity contribution in [2.24, 2.45) is 0 Å². The fraction of sp³-hybridized carbons (Fsp3) is 0.0282. The zero-order valence-corrected chi connectivity index (χ0v) is 80.5. The van der Waals surface area contributed by atoms with Crippen LogP contribution in [0.4, 0.5) is 34.1 Å². The predicted octanol–water partition coefficient (Wildman–Crippen LogP) is 36.5. The Morgan fingerprint density at radius 3 is 0.574 bits per heavy atom. The Balaban J connectivity index is 0.000000137. The number of para-hydroxylation sites is 8. The van der Waals surface area contributed by atoms with Gasteiger partial charge in [-0.1, -0.05) is 413 Å². The van der Waals surface area contributed by atoms with Gasteiger partial charge >= 0.3 is 0 Å². The molecule has 23 aromatic carbocycles. The number of fused-ring (bicyclic) bond motifs is 36. The van der Waals surface area contributed by atoms with E-state index < -0.39 is 21.7 Å². The van der Waals surface area contributed by atoms with E-state index in [4.69, 9.17) is 18.9 Å². The number of ether oxygens (including phenoxy) is 4. The third kappa shape index (κ3) is 12.4. The van der Waals surface area contributed by atoms with E-state index in [0.29, 0.717) is 0 Å². The van der Waals surface area contributed by atoms with Crippen molar-refractivity contribution in [1.29, 1.82) is 0 Å². The molecule has 4 aliphatic carbocycles. The molecular weight excluding hydrogens is 1800 g/mol. The Morgan fingerprint density at radius 2 is 0.284 bits per heavy atom. The van der Waals surface area contributed by atoms with Crippen molar-refractivity contribution in [3.05, 3.63) is 635 Å². The van der Waals surface area contributed by atoms with Gasteiger partial charge in [0.05, 0.1) is 21.7 Å². The lowest BCUT2D eigenvalue weighted by Gasteiger charge is -2.39. The Labute approximate surface area is 859 Å². The Morgan fingerprint density at radius 1 is 0.108 bits per heavy atom. The molecule has 0 bridgehead atoms. The van der Waals surface area contributed by atoms with Crippen molar-refractivity contribution < 1.29 is 18.9 Å². The van der Waals surface area contributed by atoms with Crippen LogP contribution in [0, 0.1) is 0 Å². The molecule has 0 amide bonds. The van der Waals surface area contributed by atoms with E-state index in [-0.39, 0.29) is 0 Å². The van der Waals surface area contributed by atoms with Crippen molar-refractivity contribution in [2.75, 3.05) is 9.80 Å². The minimum absolute atomic E-state index is 0.561. The fourth-order valence-corrected chi connectivity index (χ4v) is 26.3. The number of nitrogens with zero attached hydrogens (tertiary/aromatic N) is 2. The van der Waals surface area contributed by atoms with E-state index in [1.54, 1.807) is 0 Å². The quantitative estimate of drug-likeness (QED) is 0.129. The van der Waals surface area contributed by atoms with Crippen LogP contribution >= 0.6 is 0 Å². The molecule has 0 radical (unpaired) electrons. The van der Waals surface area contributed by atoms with Gasteiger partial charge in [0, 0.05) is 78.6 Å². The van der Waals surface area contributed by atoms with Gasteiger partial charge in [0.1, 0.15) is 46.0 Å². The topological polar surface area (TPSA) is 43.4 Å². The summed E-state index contributed by atoms with van der Waals surface area (Å²) >= 11 is 0. The van der Waals surface area contributed by atoms with E-state index in [9.17, 15) is 0 Å². The molecule has 0 atom stereocenters. The number of rotatable bonds is 11. The lowest BCUT2D eigenvalue weighted by molar-refractivity contribution is 0.436. The van der Waals surface area contributed by atoms with Crippen LogP contribution in [-0.4, -0.2) is 0 Å². The SMILES string of the molecule is c1ccc(-c2ccc(-c3ccc(N(c4cccc(-c5ccc6c(c5)C5(c7ccccc7Oc7ccccc75)c5ccccc5-6)c4)c4ccc5c(c4)C4(c6ccccc6Oc6ccccc64)c4ccccc4-5)cc3)cc2)cc1.c1ccc(-c2cccc(N(c3cccc(-c4ccc5c(c4)C4(c6ccccc6Oc6ccccc64)c4ccccc4-5)c3)c3ccc4c(c3)C3(c5ccccc5Oc5ccccc53)c3ccccc3-4)c2)cc1. The molecule has 692 valence electrons. The van der Waals surface area contributed by atoms with Crippen molar-refractivity contribution in [3.63, 3.8) is 0 Å². The third-order valence-corrected chi connectivity index (χ3v) is 32.4. The summed E-state index contributed by atoms with van der Waals surface area (Å²) in [6, 6.07) is 199. The highest BCUT2D eigenvalue weighted by Crippen LogP contribution is 2.69. The smallest absolute Gasteiger partial charge is 0.132 e. The van der Waals surface area contributed by atoms with Crippen LogP contribution in [0.25, 0.3) is 100 Å². The Bertz CT molecular complexity index is 9220. The highest BCUT2D eigenvalue weighted by Gasteiger charge is 2.56. The van der Waals surface area contributed by atoms with Crippen LogP contribution < -0.4 is 28.7 Å². The van der Waals surface area contributed by atoms with Gasteiger partial charge in [-0.05, 0) is 278 Å². The first kappa shape index (κ1) is 84.5. The summed E-state index contributed by atoms with van der Waals surface area (Å²) in [6.07, 6.45) is 0.